The number of rotatable bonds is 8. The van der Waals surface area contributed by atoms with E-state index in [0.29, 0.717) is 6.04 Å². The highest BCUT2D eigenvalue weighted by molar-refractivity contribution is 7.09. The van der Waals surface area contributed by atoms with Crippen molar-refractivity contribution in [3.63, 3.8) is 0 Å². The van der Waals surface area contributed by atoms with Crippen molar-refractivity contribution in [2.24, 2.45) is 0 Å². The molecule has 148 valence electrons. The Morgan fingerprint density at radius 1 is 1.19 bits per heavy atom. The third kappa shape index (κ3) is 4.58. The standard InChI is InChI=1S/C20H32N6S/c1-2-3-10-19(20-21-22-23-26(20)16-18-9-6-15-27-18)25-13-11-24(12-14-25)17-7-4-5-8-17/h6,9,15,17,19H,2-5,7-8,10-14,16H2,1H3/t19-/m0/s1. The molecule has 0 N–H and O–H groups in total. The van der Waals surface area contributed by atoms with E-state index >= 15 is 0 Å². The van der Waals surface area contributed by atoms with Crippen LogP contribution < -0.4 is 0 Å². The zero-order valence-corrected chi connectivity index (χ0v) is 17.3. The molecular weight excluding hydrogens is 356 g/mol. The molecule has 0 amide bonds. The average molecular weight is 389 g/mol. The first-order valence-electron chi connectivity index (χ1n) is 10.6. The van der Waals surface area contributed by atoms with Crippen LogP contribution in [0.5, 0.6) is 0 Å². The Labute approximate surface area is 166 Å². The van der Waals surface area contributed by atoms with Crippen LogP contribution in [0.25, 0.3) is 0 Å². The third-order valence-corrected chi connectivity index (χ3v) is 7.07. The number of hydrogen-bond acceptors (Lipinski definition) is 6. The zero-order chi connectivity index (χ0) is 18.5. The fourth-order valence-corrected chi connectivity index (χ4v) is 5.35. The van der Waals surface area contributed by atoms with Gasteiger partial charge in [-0.05, 0) is 41.1 Å². The minimum absolute atomic E-state index is 0.339. The summed E-state index contributed by atoms with van der Waals surface area (Å²) in [7, 11) is 0. The van der Waals surface area contributed by atoms with Crippen LogP contribution in [-0.2, 0) is 6.54 Å². The number of thiophene rings is 1. The Morgan fingerprint density at radius 3 is 2.70 bits per heavy atom. The molecule has 2 aromatic rings. The van der Waals surface area contributed by atoms with Gasteiger partial charge >= 0.3 is 0 Å². The van der Waals surface area contributed by atoms with E-state index in [1.807, 2.05) is 4.68 Å². The van der Waals surface area contributed by atoms with Gasteiger partial charge in [-0.1, -0.05) is 38.7 Å². The predicted octanol–water partition coefficient (Wildman–Crippen LogP) is 3.57. The summed E-state index contributed by atoms with van der Waals surface area (Å²) in [4.78, 5) is 6.68. The van der Waals surface area contributed by atoms with Gasteiger partial charge in [-0.2, -0.15) is 0 Å². The molecule has 27 heavy (non-hydrogen) atoms. The highest BCUT2D eigenvalue weighted by Gasteiger charge is 2.31. The molecule has 1 atom stereocenters. The molecule has 0 spiro atoms. The highest BCUT2D eigenvalue weighted by Crippen LogP contribution is 2.29. The largest absolute Gasteiger partial charge is 0.298 e. The van der Waals surface area contributed by atoms with Crippen molar-refractivity contribution in [2.75, 3.05) is 26.2 Å². The highest BCUT2D eigenvalue weighted by atomic mass is 32.1. The Kier molecular flexibility index (Phi) is 6.52. The number of tetrazole rings is 1. The van der Waals surface area contributed by atoms with Gasteiger partial charge in [-0.25, -0.2) is 4.68 Å². The normalized spacial score (nSPS) is 21.1. The van der Waals surface area contributed by atoms with Crippen molar-refractivity contribution in [3.8, 4) is 0 Å². The summed E-state index contributed by atoms with van der Waals surface area (Å²) >= 11 is 1.77. The van der Waals surface area contributed by atoms with Crippen LogP contribution in [0.4, 0.5) is 0 Å². The minimum atomic E-state index is 0.339. The van der Waals surface area contributed by atoms with Gasteiger partial charge in [-0.3, -0.25) is 9.80 Å². The van der Waals surface area contributed by atoms with Gasteiger partial charge < -0.3 is 0 Å². The first kappa shape index (κ1) is 19.0. The second kappa shape index (κ2) is 9.26. The van der Waals surface area contributed by atoms with E-state index in [-0.39, 0.29) is 0 Å². The van der Waals surface area contributed by atoms with Crippen molar-refractivity contribution in [2.45, 2.75) is 70.5 Å². The van der Waals surface area contributed by atoms with Crippen LogP contribution in [0.2, 0.25) is 0 Å². The van der Waals surface area contributed by atoms with Crippen molar-refractivity contribution in [1.82, 2.24) is 30.0 Å². The Hall–Kier alpha value is -1.31. The zero-order valence-electron chi connectivity index (χ0n) is 16.5. The molecule has 1 saturated carbocycles. The summed E-state index contributed by atoms with van der Waals surface area (Å²) < 4.78 is 2.02. The van der Waals surface area contributed by atoms with Crippen molar-refractivity contribution < 1.29 is 0 Å². The number of unbranched alkanes of at least 4 members (excludes halogenated alkanes) is 1. The molecular formula is C20H32N6S. The lowest BCUT2D eigenvalue weighted by atomic mass is 10.1. The summed E-state index contributed by atoms with van der Waals surface area (Å²) in [6.45, 7) is 7.71. The molecule has 7 heteroatoms. The summed E-state index contributed by atoms with van der Waals surface area (Å²) in [6, 6.07) is 5.44. The monoisotopic (exact) mass is 388 g/mol. The molecule has 1 aliphatic heterocycles. The van der Waals surface area contributed by atoms with E-state index in [4.69, 9.17) is 0 Å². The maximum atomic E-state index is 4.47. The van der Waals surface area contributed by atoms with Gasteiger partial charge in [0.15, 0.2) is 5.82 Å². The van der Waals surface area contributed by atoms with Gasteiger partial charge in [0, 0.05) is 37.1 Å². The summed E-state index contributed by atoms with van der Waals surface area (Å²) in [6.07, 6.45) is 9.22. The van der Waals surface area contributed by atoms with Crippen LogP contribution in [0, 0.1) is 0 Å². The van der Waals surface area contributed by atoms with E-state index in [2.05, 4.69) is 49.8 Å². The lowest BCUT2D eigenvalue weighted by Crippen LogP contribution is -2.50. The molecule has 2 aromatic heterocycles. The van der Waals surface area contributed by atoms with E-state index in [0.717, 1.165) is 37.9 Å². The van der Waals surface area contributed by atoms with Crippen LogP contribution in [0.15, 0.2) is 17.5 Å². The van der Waals surface area contributed by atoms with Crippen molar-refractivity contribution in [3.05, 3.63) is 28.2 Å². The maximum Gasteiger partial charge on any atom is 0.168 e. The molecule has 0 bridgehead atoms. The number of aromatic nitrogens is 4. The molecule has 0 unspecified atom stereocenters. The maximum absolute atomic E-state index is 4.47. The molecule has 0 radical (unpaired) electrons. The smallest absolute Gasteiger partial charge is 0.168 e. The number of nitrogens with zero attached hydrogens (tertiary/aromatic N) is 6. The second-order valence-corrected chi connectivity index (χ2v) is 8.97. The van der Waals surface area contributed by atoms with Crippen LogP contribution in [0.3, 0.4) is 0 Å². The fourth-order valence-electron chi connectivity index (χ4n) is 4.67. The second-order valence-electron chi connectivity index (χ2n) is 7.94. The van der Waals surface area contributed by atoms with Crippen molar-refractivity contribution in [1.29, 1.82) is 0 Å². The lowest BCUT2D eigenvalue weighted by molar-refractivity contribution is 0.0622. The van der Waals surface area contributed by atoms with Gasteiger partial charge in [0.25, 0.3) is 0 Å². The van der Waals surface area contributed by atoms with Crippen molar-refractivity contribution >= 4 is 11.3 Å². The third-order valence-electron chi connectivity index (χ3n) is 6.21. The van der Waals surface area contributed by atoms with Crippen LogP contribution >= 0.6 is 11.3 Å². The van der Waals surface area contributed by atoms with Gasteiger partial charge in [0.2, 0.25) is 0 Å². The van der Waals surface area contributed by atoms with Crippen LogP contribution in [0.1, 0.15) is 68.6 Å². The van der Waals surface area contributed by atoms with Gasteiger partial charge in [0.1, 0.15) is 0 Å². The number of hydrogen-bond donors (Lipinski definition) is 0. The van der Waals surface area contributed by atoms with Gasteiger partial charge in [0.05, 0.1) is 12.6 Å². The van der Waals surface area contributed by atoms with E-state index in [9.17, 15) is 0 Å². The summed E-state index contributed by atoms with van der Waals surface area (Å²) in [5.74, 6) is 1.05. The van der Waals surface area contributed by atoms with Crippen LogP contribution in [-0.4, -0.2) is 62.2 Å². The molecule has 2 aliphatic rings. The first-order valence-corrected chi connectivity index (χ1v) is 11.5. The molecule has 0 aromatic carbocycles. The summed E-state index contributed by atoms with van der Waals surface area (Å²) in [5, 5.41) is 14.9. The van der Waals surface area contributed by atoms with Gasteiger partial charge in [-0.15, -0.1) is 16.4 Å². The van der Waals surface area contributed by atoms with E-state index < -0.39 is 0 Å². The lowest BCUT2D eigenvalue weighted by Gasteiger charge is -2.41. The summed E-state index contributed by atoms with van der Waals surface area (Å²) in [5.41, 5.74) is 0. The van der Waals surface area contributed by atoms with E-state index in [1.54, 1.807) is 11.3 Å². The van der Waals surface area contributed by atoms with E-state index in [1.165, 1.54) is 56.5 Å². The fraction of sp³-hybridized carbons (Fsp3) is 0.750. The SMILES string of the molecule is CCCC[C@@H](c1nnnn1Cc1cccs1)N1CCN(C2CCCC2)CC1. The first-order chi connectivity index (χ1) is 13.3. The average Bonchev–Trinajstić information content (AvgIpc) is 3.47. The Balaban J connectivity index is 1.45. The topological polar surface area (TPSA) is 50.1 Å². The minimum Gasteiger partial charge on any atom is -0.298 e. The molecule has 3 heterocycles. The Bertz CT molecular complexity index is 670. The molecule has 4 rings (SSSR count). The Morgan fingerprint density at radius 2 is 2.00 bits per heavy atom. The molecule has 1 aliphatic carbocycles. The number of piperazine rings is 1. The quantitative estimate of drug-likeness (QED) is 0.692. The molecule has 1 saturated heterocycles. The predicted molar refractivity (Wildman–Crippen MR) is 109 cm³/mol. The molecule has 2 fully saturated rings. The molecule has 6 nitrogen and oxygen atoms in total.